The van der Waals surface area contributed by atoms with E-state index in [1.165, 1.54) is 0 Å². The van der Waals surface area contributed by atoms with Crippen LogP contribution in [-0.4, -0.2) is 38.2 Å². The Morgan fingerprint density at radius 2 is 0.911 bits per heavy atom. The van der Waals surface area contributed by atoms with Crippen molar-refractivity contribution in [2.45, 2.75) is 18.3 Å². The predicted octanol–water partition coefficient (Wildman–Crippen LogP) is 6.09. The van der Waals surface area contributed by atoms with E-state index in [2.05, 4.69) is 0 Å². The molecule has 0 aliphatic carbocycles. The Morgan fingerprint density at radius 1 is 0.578 bits per heavy atom. The first-order valence-electron chi connectivity index (χ1n) is 13.7. The summed E-state index contributed by atoms with van der Waals surface area (Å²) in [6.07, 6.45) is -1.40. The van der Waals surface area contributed by atoms with E-state index in [0.29, 0.717) is 17.5 Å². The van der Waals surface area contributed by atoms with Gasteiger partial charge in [-0.1, -0.05) is 84.9 Å². The first kappa shape index (κ1) is 31.7. The van der Waals surface area contributed by atoms with Crippen LogP contribution >= 0.6 is 0 Å². The number of carbonyl (C=O) groups is 4. The number of nitrogens with zero attached hydrogens (tertiary/aromatic N) is 4. The third-order valence-corrected chi connectivity index (χ3v) is 6.97. The van der Waals surface area contributed by atoms with E-state index in [1.54, 1.807) is 109 Å². The van der Waals surface area contributed by atoms with E-state index < -0.39 is 35.8 Å². The molecule has 0 heterocycles. The van der Waals surface area contributed by atoms with Crippen molar-refractivity contribution in [2.24, 2.45) is 0 Å². The molecule has 0 saturated heterocycles. The van der Waals surface area contributed by atoms with Crippen molar-refractivity contribution in [3.63, 3.8) is 0 Å². The molecule has 0 aromatic heterocycles. The van der Waals surface area contributed by atoms with Crippen LogP contribution in [0.4, 0.5) is 21.0 Å². The number of benzene rings is 4. The van der Waals surface area contributed by atoms with Crippen molar-refractivity contribution in [1.82, 2.24) is 0 Å². The molecule has 10 heteroatoms. The SMILES string of the molecule is COC(=O)N(C(=O)C(C#N)c1ccccc1)c1ccc(Cc2ccc(N(C(=O)OC)C(=O)C(C#N)c3ccccc3)cc2)cc1. The molecule has 4 aromatic carbocycles. The predicted molar refractivity (Wildman–Crippen MR) is 165 cm³/mol. The highest BCUT2D eigenvalue weighted by Crippen LogP contribution is 2.27. The van der Waals surface area contributed by atoms with Crippen LogP contribution in [0.3, 0.4) is 0 Å². The Labute approximate surface area is 260 Å². The number of rotatable bonds is 8. The number of methoxy groups -OCH3 is 2. The molecule has 0 aliphatic rings. The molecule has 2 unspecified atom stereocenters. The molecule has 10 nitrogen and oxygen atoms in total. The van der Waals surface area contributed by atoms with Gasteiger partial charge in [-0.3, -0.25) is 9.59 Å². The first-order chi connectivity index (χ1) is 21.8. The fraction of sp³-hybridized carbons (Fsp3) is 0.143. The van der Waals surface area contributed by atoms with Gasteiger partial charge in [-0.25, -0.2) is 19.4 Å². The van der Waals surface area contributed by atoms with Gasteiger partial charge in [0.05, 0.1) is 37.7 Å². The summed E-state index contributed by atoms with van der Waals surface area (Å²) in [5, 5.41) is 19.4. The molecule has 0 fully saturated rings. The van der Waals surface area contributed by atoms with Crippen LogP contribution < -0.4 is 9.80 Å². The highest BCUT2D eigenvalue weighted by atomic mass is 16.5. The van der Waals surface area contributed by atoms with Crippen LogP contribution in [0.5, 0.6) is 0 Å². The summed E-state index contributed by atoms with van der Waals surface area (Å²) in [5.41, 5.74) is 3.04. The quantitative estimate of drug-likeness (QED) is 0.237. The van der Waals surface area contributed by atoms with Crippen molar-refractivity contribution >= 4 is 35.4 Å². The van der Waals surface area contributed by atoms with Gasteiger partial charge in [-0.15, -0.1) is 0 Å². The summed E-state index contributed by atoms with van der Waals surface area (Å²) in [4.78, 5) is 53.6. The van der Waals surface area contributed by atoms with Crippen molar-refractivity contribution in [3.05, 3.63) is 131 Å². The Bertz CT molecular complexity index is 1610. The normalized spacial score (nSPS) is 11.6. The van der Waals surface area contributed by atoms with Gasteiger partial charge in [0.25, 0.3) is 11.8 Å². The standard InChI is InChI=1S/C35H28N4O6/c1-44-34(42)38(32(40)30(22-36)26-9-5-3-6-10-26)28-17-13-24(14-18-28)21-25-15-19-29(20-16-25)39(35(43)45-2)33(41)31(23-37)27-11-7-4-8-12-27/h3-20,30-31H,21H2,1-2H3. The second kappa shape index (κ2) is 14.8. The van der Waals surface area contributed by atoms with E-state index in [0.717, 1.165) is 35.1 Å². The van der Waals surface area contributed by atoms with Crippen LogP contribution in [0.2, 0.25) is 0 Å². The lowest BCUT2D eigenvalue weighted by Gasteiger charge is -2.22. The van der Waals surface area contributed by atoms with E-state index >= 15 is 0 Å². The van der Waals surface area contributed by atoms with Crippen LogP contribution in [-0.2, 0) is 25.5 Å². The number of amides is 4. The summed E-state index contributed by atoms with van der Waals surface area (Å²) in [7, 11) is 2.31. The van der Waals surface area contributed by atoms with Crippen molar-refractivity contribution in [2.75, 3.05) is 24.0 Å². The average Bonchev–Trinajstić information content (AvgIpc) is 3.08. The zero-order valence-corrected chi connectivity index (χ0v) is 24.5. The molecule has 224 valence electrons. The smallest absolute Gasteiger partial charge is 0.420 e. The fourth-order valence-corrected chi connectivity index (χ4v) is 4.68. The minimum absolute atomic E-state index is 0.236. The molecule has 0 radical (unpaired) electrons. The van der Waals surface area contributed by atoms with Crippen LogP contribution in [0.1, 0.15) is 34.1 Å². The van der Waals surface area contributed by atoms with E-state index in [9.17, 15) is 29.7 Å². The summed E-state index contributed by atoms with van der Waals surface area (Å²) < 4.78 is 9.68. The Balaban J connectivity index is 1.53. The van der Waals surface area contributed by atoms with E-state index in [-0.39, 0.29) is 11.4 Å². The Kier molecular flexibility index (Phi) is 10.4. The molecule has 0 bridgehead atoms. The minimum Gasteiger partial charge on any atom is -0.452 e. The molecule has 4 amide bonds. The van der Waals surface area contributed by atoms with Crippen molar-refractivity contribution < 1.29 is 28.7 Å². The molecule has 45 heavy (non-hydrogen) atoms. The zero-order valence-electron chi connectivity index (χ0n) is 24.5. The molecular formula is C35H28N4O6. The van der Waals surface area contributed by atoms with Gasteiger partial charge >= 0.3 is 12.2 Å². The molecule has 2 atom stereocenters. The number of hydrogen-bond donors (Lipinski definition) is 0. The molecule has 0 spiro atoms. The lowest BCUT2D eigenvalue weighted by atomic mass is 9.98. The molecule has 4 rings (SSSR count). The lowest BCUT2D eigenvalue weighted by Crippen LogP contribution is -2.40. The van der Waals surface area contributed by atoms with Gasteiger partial charge < -0.3 is 9.47 Å². The summed E-state index contributed by atoms with van der Waals surface area (Å²) in [6, 6.07) is 34.1. The third-order valence-electron chi connectivity index (χ3n) is 6.97. The molecule has 0 aliphatic heterocycles. The van der Waals surface area contributed by atoms with Gasteiger partial charge in [0.15, 0.2) is 11.8 Å². The number of nitriles is 2. The number of carbonyl (C=O) groups excluding carboxylic acids is 4. The second-order valence-corrected chi connectivity index (χ2v) is 9.74. The third kappa shape index (κ3) is 7.22. The molecular weight excluding hydrogens is 572 g/mol. The Hall–Kier alpha value is -6.26. The van der Waals surface area contributed by atoms with Gasteiger partial charge in [0.2, 0.25) is 0 Å². The van der Waals surface area contributed by atoms with Gasteiger partial charge in [-0.05, 0) is 52.9 Å². The zero-order chi connectivity index (χ0) is 32.3. The highest BCUT2D eigenvalue weighted by molar-refractivity contribution is 6.16. The van der Waals surface area contributed by atoms with Crippen LogP contribution in [0, 0.1) is 22.7 Å². The maximum absolute atomic E-state index is 13.3. The molecule has 4 aromatic rings. The number of ether oxygens (including phenoxy) is 2. The van der Waals surface area contributed by atoms with Crippen molar-refractivity contribution in [1.29, 1.82) is 10.5 Å². The molecule has 0 N–H and O–H groups in total. The van der Waals surface area contributed by atoms with Crippen molar-refractivity contribution in [3.8, 4) is 12.1 Å². The van der Waals surface area contributed by atoms with E-state index in [4.69, 9.17) is 9.47 Å². The summed E-state index contributed by atoms with van der Waals surface area (Å²) in [6.45, 7) is 0. The van der Waals surface area contributed by atoms with E-state index in [1.807, 2.05) is 12.1 Å². The summed E-state index contributed by atoms with van der Waals surface area (Å²) in [5.74, 6) is -3.91. The molecule has 0 saturated carbocycles. The number of imide groups is 2. The Morgan fingerprint density at radius 3 is 1.20 bits per heavy atom. The average molecular weight is 601 g/mol. The van der Waals surface area contributed by atoms with Gasteiger partial charge in [0.1, 0.15) is 0 Å². The maximum atomic E-state index is 13.3. The van der Waals surface area contributed by atoms with Gasteiger partial charge in [-0.2, -0.15) is 10.5 Å². The highest BCUT2D eigenvalue weighted by Gasteiger charge is 2.33. The number of hydrogen-bond acceptors (Lipinski definition) is 8. The topological polar surface area (TPSA) is 141 Å². The first-order valence-corrected chi connectivity index (χ1v) is 13.7. The fourth-order valence-electron chi connectivity index (χ4n) is 4.68. The maximum Gasteiger partial charge on any atom is 0.420 e. The van der Waals surface area contributed by atoms with Crippen LogP contribution in [0.15, 0.2) is 109 Å². The minimum atomic E-state index is -1.21. The second-order valence-electron chi connectivity index (χ2n) is 9.74. The summed E-state index contributed by atoms with van der Waals surface area (Å²) >= 11 is 0. The van der Waals surface area contributed by atoms with Gasteiger partial charge in [0, 0.05) is 0 Å². The monoisotopic (exact) mass is 600 g/mol. The lowest BCUT2D eigenvalue weighted by molar-refractivity contribution is -0.119. The largest absolute Gasteiger partial charge is 0.452 e. The van der Waals surface area contributed by atoms with Crippen LogP contribution in [0.25, 0.3) is 0 Å². The number of anilines is 2.